The molecule has 29 heavy (non-hydrogen) atoms. The Morgan fingerprint density at radius 3 is 1.83 bits per heavy atom. The number of methoxy groups -OCH3 is 2. The minimum Gasteiger partial charge on any atom is -0.748 e. The zero-order chi connectivity index (χ0) is 20.9. The van der Waals surface area contributed by atoms with Crippen LogP contribution in [0.2, 0.25) is 0 Å². The molecule has 0 bridgehead atoms. The second kappa shape index (κ2) is 14.0. The zero-order valence-electron chi connectivity index (χ0n) is 16.4. The fraction of sp³-hybridized carbons (Fsp3) is 0.190. The van der Waals surface area contributed by atoms with E-state index in [0.717, 1.165) is 14.2 Å². The topological polar surface area (TPSA) is 105 Å². The fourth-order valence-corrected chi connectivity index (χ4v) is 2.09. The quantitative estimate of drug-likeness (QED) is 0.183. The first-order valence-corrected chi connectivity index (χ1v) is 8.40. The molecule has 0 saturated heterocycles. The Morgan fingerprint density at radius 1 is 0.931 bits per heavy atom. The van der Waals surface area contributed by atoms with Gasteiger partial charge in [0.2, 0.25) is 0 Å². The summed E-state index contributed by atoms with van der Waals surface area (Å²) >= 11 is 0. The largest absolute Gasteiger partial charge is 0.748 e. The van der Waals surface area contributed by atoms with Gasteiger partial charge in [0.1, 0.15) is 5.70 Å². The van der Waals surface area contributed by atoms with Gasteiger partial charge < -0.3 is 50.3 Å². The summed E-state index contributed by atoms with van der Waals surface area (Å²) in [5.41, 5.74) is 5.20. The maximum atomic E-state index is 12.0. The van der Waals surface area contributed by atoms with E-state index < -0.39 is 29.2 Å². The van der Waals surface area contributed by atoms with Crippen molar-refractivity contribution < 1.29 is 45.7 Å². The minimum absolute atomic E-state index is 0. The average molecular weight is 441 g/mol. The van der Waals surface area contributed by atoms with Gasteiger partial charge in [0, 0.05) is 22.6 Å². The van der Waals surface area contributed by atoms with Gasteiger partial charge in [-0.25, -0.2) is 9.59 Å². The number of rotatable bonds is 6. The Hall–Kier alpha value is -3.09. The Labute approximate surface area is 180 Å². The van der Waals surface area contributed by atoms with Crippen LogP contribution in [-0.2, 0) is 45.7 Å². The molecule has 0 radical (unpaired) electrons. The number of esters is 3. The molecule has 0 atom stereocenters. The number of nitrogens with two attached hydrogens (primary N) is 1. The molecule has 0 spiro atoms. The number of carbonyl (C=O) groups excluding carboxylic acids is 3. The predicted octanol–water partition coefficient (Wildman–Crippen LogP) is 2.31. The summed E-state index contributed by atoms with van der Waals surface area (Å²) in [5, 5.41) is 0. The molecule has 0 aliphatic carbocycles. The van der Waals surface area contributed by atoms with E-state index in [2.05, 4.69) is 9.47 Å². The van der Waals surface area contributed by atoms with Crippen LogP contribution >= 0.6 is 0 Å². The van der Waals surface area contributed by atoms with Crippen molar-refractivity contribution in [3.8, 4) is 0 Å². The summed E-state index contributed by atoms with van der Waals surface area (Å²) in [4.78, 5) is 35.9. The van der Waals surface area contributed by atoms with E-state index in [1.165, 1.54) is 6.08 Å². The summed E-state index contributed by atoms with van der Waals surface area (Å²) in [7, 11) is 2.26. The smallest absolute Gasteiger partial charge is 0.354 e. The van der Waals surface area contributed by atoms with Crippen molar-refractivity contribution in [2.75, 3.05) is 20.8 Å². The third-order valence-electron chi connectivity index (χ3n) is 3.38. The van der Waals surface area contributed by atoms with Crippen LogP contribution in [0.3, 0.4) is 0 Å². The third-order valence-corrected chi connectivity index (χ3v) is 3.38. The molecule has 0 aliphatic rings. The molecule has 0 fully saturated rings. The monoisotopic (exact) mass is 441 g/mol. The van der Waals surface area contributed by atoms with Gasteiger partial charge in [0.05, 0.1) is 26.4 Å². The molecule has 2 rings (SSSR count). The number of ether oxygens (including phenoxy) is 3. The van der Waals surface area contributed by atoms with Crippen LogP contribution in [0, 0.1) is 0 Å². The van der Waals surface area contributed by atoms with Crippen molar-refractivity contribution in [2.24, 2.45) is 5.73 Å². The SMILES string of the molecule is CCOC(=O)C(N)=C(C(=O)OC)C(=C[c-]1cccc1)C(=O)OC.[Fe].[cH-]1[cH-][cH-][cH-][cH-]1. The summed E-state index contributed by atoms with van der Waals surface area (Å²) in [6.07, 6.45) is 1.38. The van der Waals surface area contributed by atoms with Gasteiger partial charge in [-0.3, -0.25) is 4.79 Å². The van der Waals surface area contributed by atoms with Crippen molar-refractivity contribution in [3.63, 3.8) is 0 Å². The van der Waals surface area contributed by atoms with E-state index >= 15 is 0 Å². The summed E-state index contributed by atoms with van der Waals surface area (Å²) < 4.78 is 14.1. The molecule has 0 aromatic heterocycles. The Balaban J connectivity index is 0.00000113. The van der Waals surface area contributed by atoms with Crippen LogP contribution < -0.4 is 5.73 Å². The van der Waals surface area contributed by atoms with Crippen molar-refractivity contribution in [2.45, 2.75) is 6.92 Å². The van der Waals surface area contributed by atoms with Crippen LogP contribution in [0.4, 0.5) is 0 Å². The molecular weight excluding hydrogens is 418 g/mol. The summed E-state index contributed by atoms with van der Waals surface area (Å²) in [6, 6.07) is 16.9. The normalized spacial score (nSPS) is 11.1. The van der Waals surface area contributed by atoms with Gasteiger partial charge in [-0.05, 0) is 6.92 Å². The van der Waals surface area contributed by atoms with Crippen molar-refractivity contribution in [1.29, 1.82) is 0 Å². The second-order valence-electron chi connectivity index (χ2n) is 5.23. The molecular formula is C21H23FeNO6-6. The Kier molecular flexibility index (Phi) is 12.5. The van der Waals surface area contributed by atoms with E-state index in [0.29, 0.717) is 5.56 Å². The maximum Gasteiger partial charge on any atom is 0.354 e. The number of hydrogen-bond donors (Lipinski definition) is 1. The van der Waals surface area contributed by atoms with Gasteiger partial charge in [0.25, 0.3) is 5.97 Å². The summed E-state index contributed by atoms with van der Waals surface area (Å²) in [6.45, 7) is 1.65. The van der Waals surface area contributed by atoms with E-state index in [-0.39, 0.29) is 29.2 Å². The van der Waals surface area contributed by atoms with E-state index in [1.54, 1.807) is 31.2 Å². The summed E-state index contributed by atoms with van der Waals surface area (Å²) in [5.74, 6) is -2.71. The molecule has 0 unspecified atom stereocenters. The molecule has 7 nitrogen and oxygen atoms in total. The van der Waals surface area contributed by atoms with E-state index in [1.807, 2.05) is 30.3 Å². The second-order valence-corrected chi connectivity index (χ2v) is 5.23. The molecule has 2 aromatic rings. The zero-order valence-corrected chi connectivity index (χ0v) is 17.5. The molecule has 8 heteroatoms. The van der Waals surface area contributed by atoms with Crippen molar-refractivity contribution in [3.05, 3.63) is 77.0 Å². The van der Waals surface area contributed by atoms with Crippen LogP contribution in [0.1, 0.15) is 12.5 Å². The van der Waals surface area contributed by atoms with Gasteiger partial charge in [0.15, 0.2) is 0 Å². The number of carbonyl (C=O) groups is 3. The maximum absolute atomic E-state index is 12.0. The van der Waals surface area contributed by atoms with Gasteiger partial charge in [-0.1, -0.05) is 0 Å². The Bertz CT molecular complexity index is 802. The molecule has 162 valence electrons. The van der Waals surface area contributed by atoms with Crippen molar-refractivity contribution >= 4 is 24.0 Å². The molecule has 0 saturated carbocycles. The van der Waals surface area contributed by atoms with Crippen LogP contribution in [0.5, 0.6) is 0 Å². The molecule has 2 aromatic carbocycles. The molecule has 0 aliphatic heterocycles. The van der Waals surface area contributed by atoms with Gasteiger partial charge in [-0.2, -0.15) is 12.1 Å². The van der Waals surface area contributed by atoms with E-state index in [4.69, 9.17) is 10.5 Å². The van der Waals surface area contributed by atoms with Gasteiger partial charge >= 0.3 is 11.9 Å². The Morgan fingerprint density at radius 2 is 1.41 bits per heavy atom. The predicted molar refractivity (Wildman–Crippen MR) is 104 cm³/mol. The van der Waals surface area contributed by atoms with Crippen LogP contribution in [-0.4, -0.2) is 38.7 Å². The molecule has 2 N–H and O–H groups in total. The average Bonchev–Trinajstić information content (AvgIpc) is 3.43. The molecule has 0 heterocycles. The third kappa shape index (κ3) is 8.21. The van der Waals surface area contributed by atoms with Gasteiger partial charge in [-0.15, -0.1) is 23.8 Å². The first kappa shape index (κ1) is 25.9. The van der Waals surface area contributed by atoms with E-state index in [9.17, 15) is 14.4 Å². The minimum atomic E-state index is -0.946. The van der Waals surface area contributed by atoms with Crippen LogP contribution in [0.25, 0.3) is 6.08 Å². The van der Waals surface area contributed by atoms with Crippen molar-refractivity contribution in [1.82, 2.24) is 0 Å². The molecule has 0 amide bonds. The number of hydrogen-bond acceptors (Lipinski definition) is 7. The first-order valence-electron chi connectivity index (χ1n) is 8.40. The first-order chi connectivity index (χ1) is 13.5. The standard InChI is InChI=1S/C16H18NO6.C5H5.Fe/c1-4-23-16(20)13(17)12(15(19)22-3)11(14(18)21-2)9-10-7-5-6-8-10;1-2-4-5-3-1;/h5-9H,4,17H2,1-3H3;1-5H;/q-1;-5;. The van der Waals surface area contributed by atoms with Crippen LogP contribution in [0.15, 0.2) is 71.4 Å². The fourth-order valence-electron chi connectivity index (χ4n) is 2.09.